The van der Waals surface area contributed by atoms with Gasteiger partial charge in [0.1, 0.15) is 5.50 Å². The molecule has 8 heavy (non-hydrogen) atoms. The number of amides is 1. The van der Waals surface area contributed by atoms with Crippen LogP contribution in [-0.4, -0.2) is 11.4 Å². The zero-order chi connectivity index (χ0) is 6.15. The summed E-state index contributed by atoms with van der Waals surface area (Å²) >= 11 is 5.49. The van der Waals surface area contributed by atoms with E-state index in [0.717, 1.165) is 0 Å². The van der Waals surface area contributed by atoms with Gasteiger partial charge in [-0.25, -0.2) is 0 Å². The van der Waals surface area contributed by atoms with Gasteiger partial charge in [-0.2, -0.15) is 0 Å². The molecule has 1 aliphatic rings. The number of rotatable bonds is 0. The van der Waals surface area contributed by atoms with Gasteiger partial charge in [0.25, 0.3) is 0 Å². The Labute approximate surface area is 52.5 Å². The van der Waals surface area contributed by atoms with Crippen molar-refractivity contribution in [3.8, 4) is 0 Å². The zero-order valence-corrected chi connectivity index (χ0v) is 5.20. The van der Waals surface area contributed by atoms with Crippen LogP contribution in [0.1, 0.15) is 6.92 Å². The van der Waals surface area contributed by atoms with Gasteiger partial charge in [-0.3, -0.25) is 4.79 Å². The summed E-state index contributed by atoms with van der Waals surface area (Å²) < 4.78 is 0. The number of carbonyl (C=O) groups is 1. The lowest BCUT2D eigenvalue weighted by Gasteiger charge is -1.93. The molecule has 1 rings (SSSR count). The molecule has 0 spiro atoms. The molecule has 0 aliphatic carbocycles. The highest BCUT2D eigenvalue weighted by Gasteiger charge is 2.15. The quantitative estimate of drug-likeness (QED) is 0.379. The molecule has 1 unspecified atom stereocenters. The summed E-state index contributed by atoms with van der Waals surface area (Å²) in [6, 6.07) is 0. The second-order valence-corrected chi connectivity index (χ2v) is 2.20. The maximum atomic E-state index is 10.5. The first-order valence-electron chi connectivity index (χ1n) is 2.33. The fourth-order valence-electron chi connectivity index (χ4n) is 0.576. The van der Waals surface area contributed by atoms with Crippen molar-refractivity contribution in [2.24, 2.45) is 0 Å². The van der Waals surface area contributed by atoms with Gasteiger partial charge < -0.3 is 5.32 Å². The number of hydrogen-bond acceptors (Lipinski definition) is 1. The summed E-state index contributed by atoms with van der Waals surface area (Å²) in [7, 11) is 0. The van der Waals surface area contributed by atoms with Gasteiger partial charge in [-0.05, 0) is 13.0 Å². The van der Waals surface area contributed by atoms with Gasteiger partial charge in [-0.1, -0.05) is 11.6 Å². The largest absolute Gasteiger partial charge is 0.333 e. The molecule has 1 amide bonds. The van der Waals surface area contributed by atoms with Gasteiger partial charge >= 0.3 is 0 Å². The van der Waals surface area contributed by atoms with Crippen LogP contribution in [0.15, 0.2) is 11.6 Å². The lowest BCUT2D eigenvalue weighted by atomic mass is 10.3. The number of halogens is 1. The Hall–Kier alpha value is -0.500. The molecule has 0 bridgehead atoms. The first-order chi connectivity index (χ1) is 3.70. The van der Waals surface area contributed by atoms with Crippen LogP contribution < -0.4 is 5.32 Å². The lowest BCUT2D eigenvalue weighted by Crippen LogP contribution is -2.22. The maximum Gasteiger partial charge on any atom is 0.248 e. The van der Waals surface area contributed by atoms with E-state index in [1.165, 1.54) is 0 Å². The van der Waals surface area contributed by atoms with Crippen molar-refractivity contribution in [2.75, 3.05) is 0 Å². The maximum absolute atomic E-state index is 10.5. The molecule has 1 N–H and O–H groups in total. The Balaban J connectivity index is 2.73. The molecule has 0 aromatic rings. The summed E-state index contributed by atoms with van der Waals surface area (Å²) in [4.78, 5) is 10.5. The monoisotopic (exact) mass is 131 g/mol. The van der Waals surface area contributed by atoms with Crippen molar-refractivity contribution in [2.45, 2.75) is 12.4 Å². The van der Waals surface area contributed by atoms with E-state index < -0.39 is 0 Å². The summed E-state index contributed by atoms with van der Waals surface area (Å²) in [5.41, 5.74) is 0.410. The third kappa shape index (κ3) is 0.842. The fraction of sp³-hybridized carbons (Fsp3) is 0.400. The highest BCUT2D eigenvalue weighted by atomic mass is 35.5. The Kier molecular flexibility index (Phi) is 1.26. The molecule has 1 aliphatic heterocycles. The standard InChI is InChI=1S/C5H6ClNO/c1-3-2-4(6)7-5(3)8/h2,4H,1H3,(H,7,8). The molecule has 44 valence electrons. The second-order valence-electron chi connectivity index (χ2n) is 1.72. The van der Waals surface area contributed by atoms with Crippen molar-refractivity contribution >= 4 is 17.5 Å². The predicted octanol–water partition coefficient (Wildman–Crippen LogP) is 0.627. The second kappa shape index (κ2) is 1.78. The number of carbonyl (C=O) groups excluding carboxylic acids is 1. The van der Waals surface area contributed by atoms with Gasteiger partial charge in [0.2, 0.25) is 5.91 Å². The first-order valence-corrected chi connectivity index (χ1v) is 2.77. The smallest absolute Gasteiger partial charge is 0.248 e. The van der Waals surface area contributed by atoms with Crippen LogP contribution in [0.4, 0.5) is 0 Å². The van der Waals surface area contributed by atoms with E-state index in [1.54, 1.807) is 13.0 Å². The molecule has 0 saturated carbocycles. The molecule has 0 aromatic heterocycles. The highest BCUT2D eigenvalue weighted by molar-refractivity contribution is 6.24. The van der Waals surface area contributed by atoms with Crippen molar-refractivity contribution < 1.29 is 4.79 Å². The van der Waals surface area contributed by atoms with Crippen LogP contribution in [0.3, 0.4) is 0 Å². The molecule has 2 nitrogen and oxygen atoms in total. The summed E-state index contributed by atoms with van der Waals surface area (Å²) in [5.74, 6) is -0.0648. The van der Waals surface area contributed by atoms with Crippen molar-refractivity contribution in [3.63, 3.8) is 0 Å². The van der Waals surface area contributed by atoms with Gasteiger partial charge in [0.15, 0.2) is 0 Å². The minimum atomic E-state index is -0.289. The van der Waals surface area contributed by atoms with E-state index in [9.17, 15) is 4.79 Å². The first kappa shape index (κ1) is 5.63. The molecule has 0 aromatic carbocycles. The van der Waals surface area contributed by atoms with Crippen molar-refractivity contribution in [3.05, 3.63) is 11.6 Å². The normalized spacial score (nSPS) is 27.5. The minimum Gasteiger partial charge on any atom is -0.333 e. The Bertz CT molecular complexity index is 153. The fourth-order valence-corrected chi connectivity index (χ4v) is 0.864. The summed E-state index contributed by atoms with van der Waals surface area (Å²) in [6.07, 6.45) is 1.68. The molecule has 3 heteroatoms. The molecule has 0 fully saturated rings. The van der Waals surface area contributed by atoms with E-state index in [1.807, 2.05) is 0 Å². The number of nitrogens with one attached hydrogen (secondary N) is 1. The average molecular weight is 132 g/mol. The lowest BCUT2D eigenvalue weighted by molar-refractivity contribution is -0.116. The molecule has 1 atom stereocenters. The van der Waals surface area contributed by atoms with E-state index in [4.69, 9.17) is 11.6 Å². The van der Waals surface area contributed by atoms with E-state index in [-0.39, 0.29) is 11.4 Å². The zero-order valence-electron chi connectivity index (χ0n) is 4.44. The van der Waals surface area contributed by atoms with Crippen molar-refractivity contribution in [1.82, 2.24) is 5.32 Å². The number of alkyl halides is 1. The van der Waals surface area contributed by atoms with Gasteiger partial charge in [0, 0.05) is 5.57 Å². The van der Waals surface area contributed by atoms with E-state index in [2.05, 4.69) is 5.32 Å². The van der Waals surface area contributed by atoms with Crippen LogP contribution in [0.25, 0.3) is 0 Å². The third-order valence-electron chi connectivity index (χ3n) is 1.02. The van der Waals surface area contributed by atoms with Crippen LogP contribution in [0.2, 0.25) is 0 Å². The van der Waals surface area contributed by atoms with Crippen LogP contribution >= 0.6 is 11.6 Å². The van der Waals surface area contributed by atoms with Gasteiger partial charge in [0.05, 0.1) is 0 Å². The highest BCUT2D eigenvalue weighted by Crippen LogP contribution is 2.07. The Morgan fingerprint density at radius 2 is 2.50 bits per heavy atom. The average Bonchev–Trinajstić information content (AvgIpc) is 1.85. The van der Waals surface area contributed by atoms with Crippen LogP contribution in [0, 0.1) is 0 Å². The summed E-state index contributed by atoms with van der Waals surface area (Å²) in [5, 5.41) is 2.50. The van der Waals surface area contributed by atoms with Crippen LogP contribution in [-0.2, 0) is 4.79 Å². The van der Waals surface area contributed by atoms with E-state index >= 15 is 0 Å². The minimum absolute atomic E-state index is 0.0648. The molecular weight excluding hydrogens is 126 g/mol. The number of hydrogen-bond donors (Lipinski definition) is 1. The predicted molar refractivity (Wildman–Crippen MR) is 31.5 cm³/mol. The summed E-state index contributed by atoms with van der Waals surface area (Å²) in [6.45, 7) is 1.73. The molecule has 1 heterocycles. The molecule has 0 saturated heterocycles. The SMILES string of the molecule is CC1=CC(Cl)NC1=O. The van der Waals surface area contributed by atoms with E-state index in [0.29, 0.717) is 5.57 Å². The topological polar surface area (TPSA) is 29.1 Å². The Morgan fingerprint density at radius 3 is 2.62 bits per heavy atom. The molecule has 0 radical (unpaired) electrons. The van der Waals surface area contributed by atoms with Gasteiger partial charge in [-0.15, -0.1) is 0 Å². The molecular formula is C5H6ClNO. The third-order valence-corrected chi connectivity index (χ3v) is 1.26. The van der Waals surface area contributed by atoms with Crippen LogP contribution in [0.5, 0.6) is 0 Å². The Morgan fingerprint density at radius 1 is 1.88 bits per heavy atom. The van der Waals surface area contributed by atoms with Crippen molar-refractivity contribution in [1.29, 1.82) is 0 Å².